The average Bonchev–Trinajstić information content (AvgIpc) is 2.80. The first kappa shape index (κ1) is 26.6. The molecular formula is C30H48O6. The number of aliphatic carboxylic acids is 1. The van der Waals surface area contributed by atoms with E-state index in [9.17, 15) is 30.3 Å². The van der Waals surface area contributed by atoms with Gasteiger partial charge in [0.1, 0.15) is 0 Å². The zero-order valence-corrected chi connectivity index (χ0v) is 23.0. The Morgan fingerprint density at radius 1 is 1.00 bits per heavy atom. The van der Waals surface area contributed by atoms with Gasteiger partial charge in [-0.1, -0.05) is 46.3 Å². The standard InChI is InChI=1S/C30H48O6/c1-17-9-12-30(24(34)35)14-13-27(4)18(22(30)29(17,6)36)7-8-21-25(2)15-19(32)23(33)26(3,16-31)20(25)10-11-28(21,27)5/h7,17,19-23,31-33,36H,8-16H2,1-6H3,(H,34,35)/t17-,19-,20-,21-,22-,23+,25+,26+,27-,28-,29-,30+/m1/s1. The summed E-state index contributed by atoms with van der Waals surface area (Å²) in [5, 5.41) is 54.8. The summed E-state index contributed by atoms with van der Waals surface area (Å²) in [6.45, 7) is 12.6. The second-order valence-corrected chi connectivity index (χ2v) is 14.7. The monoisotopic (exact) mass is 504 g/mol. The third-order valence-corrected chi connectivity index (χ3v) is 13.6. The van der Waals surface area contributed by atoms with E-state index in [1.54, 1.807) is 0 Å². The highest BCUT2D eigenvalue weighted by Crippen LogP contribution is 2.76. The number of hydrogen-bond donors (Lipinski definition) is 5. The van der Waals surface area contributed by atoms with E-state index in [2.05, 4.69) is 33.8 Å². The van der Waals surface area contributed by atoms with E-state index in [0.29, 0.717) is 19.3 Å². The molecule has 12 atom stereocenters. The van der Waals surface area contributed by atoms with Crippen LogP contribution in [0.3, 0.4) is 0 Å². The molecule has 0 aromatic carbocycles. The van der Waals surface area contributed by atoms with Crippen LogP contribution in [0, 0.1) is 50.7 Å². The first-order valence-corrected chi connectivity index (χ1v) is 14.2. The molecule has 0 saturated heterocycles. The van der Waals surface area contributed by atoms with Crippen LogP contribution < -0.4 is 0 Å². The Morgan fingerprint density at radius 3 is 2.28 bits per heavy atom. The van der Waals surface area contributed by atoms with Gasteiger partial charge in [-0.15, -0.1) is 0 Å². The van der Waals surface area contributed by atoms with Gasteiger partial charge >= 0.3 is 5.97 Å². The minimum atomic E-state index is -1.09. The molecule has 4 saturated carbocycles. The third-order valence-electron chi connectivity index (χ3n) is 13.6. The molecule has 204 valence electrons. The van der Waals surface area contributed by atoms with E-state index in [4.69, 9.17) is 0 Å². The zero-order valence-electron chi connectivity index (χ0n) is 23.0. The van der Waals surface area contributed by atoms with Crippen molar-refractivity contribution in [1.82, 2.24) is 0 Å². The number of carboxylic acids is 1. The van der Waals surface area contributed by atoms with Gasteiger partial charge in [0.15, 0.2) is 0 Å². The molecule has 0 aromatic heterocycles. The van der Waals surface area contributed by atoms with E-state index in [-0.39, 0.29) is 40.6 Å². The number of hydrogen-bond acceptors (Lipinski definition) is 5. The number of carboxylic acid groups (broad SMARTS) is 1. The van der Waals surface area contributed by atoms with Gasteiger partial charge in [-0.3, -0.25) is 4.79 Å². The molecule has 0 unspecified atom stereocenters. The summed E-state index contributed by atoms with van der Waals surface area (Å²) in [6, 6.07) is 0. The Balaban J connectivity index is 1.65. The number of carbonyl (C=O) groups is 1. The van der Waals surface area contributed by atoms with Crippen molar-refractivity contribution >= 4 is 5.97 Å². The normalized spacial score (nSPS) is 58.6. The van der Waals surface area contributed by atoms with Crippen molar-refractivity contribution < 1.29 is 30.3 Å². The summed E-state index contributed by atoms with van der Waals surface area (Å²) in [4.78, 5) is 12.8. The molecule has 4 fully saturated rings. The van der Waals surface area contributed by atoms with Gasteiger partial charge in [0.2, 0.25) is 0 Å². The molecule has 0 radical (unpaired) electrons. The van der Waals surface area contributed by atoms with Gasteiger partial charge < -0.3 is 25.5 Å². The summed E-state index contributed by atoms with van der Waals surface area (Å²) in [6.07, 6.45) is 6.20. The molecule has 0 aromatic rings. The Labute approximate surface area is 216 Å². The fourth-order valence-electron chi connectivity index (χ4n) is 11.0. The molecule has 36 heavy (non-hydrogen) atoms. The number of aliphatic hydroxyl groups excluding tert-OH is 3. The summed E-state index contributed by atoms with van der Waals surface area (Å²) in [5.74, 6) is -0.834. The van der Waals surface area contributed by atoms with Gasteiger partial charge in [-0.2, -0.15) is 0 Å². The predicted molar refractivity (Wildman–Crippen MR) is 137 cm³/mol. The quantitative estimate of drug-likeness (QED) is 0.361. The second kappa shape index (κ2) is 7.80. The van der Waals surface area contributed by atoms with Gasteiger partial charge in [0, 0.05) is 11.3 Å². The van der Waals surface area contributed by atoms with Gasteiger partial charge in [0.05, 0.1) is 29.8 Å². The molecule has 6 nitrogen and oxygen atoms in total. The summed E-state index contributed by atoms with van der Waals surface area (Å²) >= 11 is 0. The number of rotatable bonds is 2. The van der Waals surface area contributed by atoms with E-state index in [1.807, 2.05) is 13.8 Å². The number of fused-ring (bicyclic) bond motifs is 7. The lowest BCUT2D eigenvalue weighted by Gasteiger charge is -2.72. The van der Waals surface area contributed by atoms with Gasteiger partial charge in [0.25, 0.3) is 0 Å². The average molecular weight is 505 g/mol. The molecule has 5 aliphatic carbocycles. The van der Waals surface area contributed by atoms with Crippen molar-refractivity contribution in [2.45, 2.75) is 111 Å². The van der Waals surface area contributed by atoms with Crippen molar-refractivity contribution in [3.05, 3.63) is 11.6 Å². The topological polar surface area (TPSA) is 118 Å². The molecule has 0 amide bonds. The molecule has 0 aliphatic heterocycles. The molecule has 0 heterocycles. The SMILES string of the molecule is C[C@@H]1CC[C@]2(C(=O)O)CC[C@]3(C)C(=CC[C@@H]4[C@@]5(C)C[C@@H](O)[C@H](O)[C@@](C)(CO)[C@@H]5CC[C@]43C)[C@@H]2[C@]1(C)O. The molecule has 0 spiro atoms. The Hall–Kier alpha value is -0.950. The van der Waals surface area contributed by atoms with Crippen LogP contribution in [-0.4, -0.2) is 55.9 Å². The van der Waals surface area contributed by atoms with Crippen molar-refractivity contribution in [3.8, 4) is 0 Å². The highest BCUT2D eigenvalue weighted by Gasteiger charge is 2.72. The maximum Gasteiger partial charge on any atom is 0.310 e. The lowest BCUT2D eigenvalue weighted by Crippen LogP contribution is -2.69. The first-order valence-electron chi connectivity index (χ1n) is 14.2. The van der Waals surface area contributed by atoms with Crippen molar-refractivity contribution in [2.75, 3.05) is 6.61 Å². The Morgan fingerprint density at radius 2 is 1.67 bits per heavy atom. The minimum absolute atomic E-state index is 0.0252. The van der Waals surface area contributed by atoms with E-state index >= 15 is 0 Å². The van der Waals surface area contributed by atoms with Crippen molar-refractivity contribution in [1.29, 1.82) is 0 Å². The lowest BCUT2D eigenvalue weighted by atomic mass is 9.33. The van der Waals surface area contributed by atoms with Crippen LogP contribution in [-0.2, 0) is 4.79 Å². The van der Waals surface area contributed by atoms with Crippen LogP contribution >= 0.6 is 0 Å². The Kier molecular flexibility index (Phi) is 5.77. The molecule has 5 N–H and O–H groups in total. The molecule has 5 aliphatic rings. The summed E-state index contributed by atoms with van der Waals surface area (Å²) < 4.78 is 0. The van der Waals surface area contributed by atoms with E-state index in [1.165, 1.54) is 0 Å². The van der Waals surface area contributed by atoms with Crippen LogP contribution in [0.5, 0.6) is 0 Å². The fourth-order valence-corrected chi connectivity index (χ4v) is 11.0. The molecule has 0 bridgehead atoms. The highest BCUT2D eigenvalue weighted by atomic mass is 16.4. The van der Waals surface area contributed by atoms with Crippen LogP contribution in [0.25, 0.3) is 0 Å². The molecular weight excluding hydrogens is 456 g/mol. The summed E-state index contributed by atoms with van der Waals surface area (Å²) in [5.41, 5.74) is -2.28. The first-order chi connectivity index (χ1) is 16.6. The minimum Gasteiger partial charge on any atom is -0.481 e. The zero-order chi connectivity index (χ0) is 26.7. The fraction of sp³-hybridized carbons (Fsp3) is 0.900. The van der Waals surface area contributed by atoms with E-state index in [0.717, 1.165) is 37.7 Å². The maximum atomic E-state index is 12.8. The lowest BCUT2D eigenvalue weighted by molar-refractivity contribution is -0.247. The predicted octanol–water partition coefficient (Wildman–Crippen LogP) is 4.15. The summed E-state index contributed by atoms with van der Waals surface area (Å²) in [7, 11) is 0. The molecule has 6 heteroatoms. The highest BCUT2D eigenvalue weighted by molar-refractivity contribution is 5.77. The van der Waals surface area contributed by atoms with Crippen LogP contribution in [0.4, 0.5) is 0 Å². The van der Waals surface area contributed by atoms with Gasteiger partial charge in [-0.25, -0.2) is 0 Å². The van der Waals surface area contributed by atoms with Crippen LogP contribution in [0.2, 0.25) is 0 Å². The largest absolute Gasteiger partial charge is 0.481 e. The van der Waals surface area contributed by atoms with Crippen molar-refractivity contribution in [3.63, 3.8) is 0 Å². The second-order valence-electron chi connectivity index (χ2n) is 14.7. The maximum absolute atomic E-state index is 12.8. The smallest absolute Gasteiger partial charge is 0.310 e. The van der Waals surface area contributed by atoms with Gasteiger partial charge in [-0.05, 0) is 92.3 Å². The third kappa shape index (κ3) is 2.91. The van der Waals surface area contributed by atoms with Crippen LogP contribution in [0.15, 0.2) is 11.6 Å². The number of allylic oxidation sites excluding steroid dienone is 1. The van der Waals surface area contributed by atoms with Crippen LogP contribution in [0.1, 0.15) is 92.9 Å². The molecule has 5 rings (SSSR count). The van der Waals surface area contributed by atoms with Crippen molar-refractivity contribution in [2.24, 2.45) is 50.7 Å². The Bertz CT molecular complexity index is 974. The number of aliphatic hydroxyl groups is 4. The van der Waals surface area contributed by atoms with E-state index < -0.39 is 40.5 Å².